The topological polar surface area (TPSA) is 82.9 Å². The Labute approximate surface area is 199 Å². The summed E-state index contributed by atoms with van der Waals surface area (Å²) in [7, 11) is 2.04. The zero-order valence-corrected chi connectivity index (χ0v) is 22.6. The Bertz CT molecular complexity index is 812. The molecule has 0 radical (unpaired) electrons. The number of rotatable bonds is 8. The maximum atomic E-state index is 12.9. The Morgan fingerprint density at radius 2 is 2.09 bits per heavy atom. The number of amides is 1. The predicted octanol–water partition coefficient (Wildman–Crippen LogP) is 5.40. The van der Waals surface area contributed by atoms with E-state index < -0.39 is 31.9 Å². The molecule has 8 nitrogen and oxygen atoms in total. The van der Waals surface area contributed by atoms with Crippen LogP contribution in [0.4, 0.5) is 9.59 Å². The first-order chi connectivity index (χ1) is 14.9. The Hall–Kier alpha value is -1.43. The van der Waals surface area contributed by atoms with Gasteiger partial charge < -0.3 is 13.9 Å². The van der Waals surface area contributed by atoms with Crippen LogP contribution in [0.2, 0.25) is 18.1 Å². The van der Waals surface area contributed by atoms with Gasteiger partial charge in [0.1, 0.15) is 6.61 Å². The molecule has 0 spiro atoms. The van der Waals surface area contributed by atoms with Crippen LogP contribution in [0.3, 0.4) is 0 Å². The molecule has 2 rings (SSSR count). The van der Waals surface area contributed by atoms with Gasteiger partial charge >= 0.3 is 11.4 Å². The normalized spacial score (nSPS) is 20.2. The summed E-state index contributed by atoms with van der Waals surface area (Å²) in [5.74, 6) is 0. The van der Waals surface area contributed by atoms with Crippen molar-refractivity contribution in [1.82, 2.24) is 14.7 Å². The van der Waals surface area contributed by atoms with E-state index in [2.05, 4.69) is 45.5 Å². The SMILES string of the molecule is C=CCOC(=O)N1C[C@H](O[Si](C)(C)C(C)(C)C)C[C@H]1C(OC(=O)SSC)c1ccnn1C. The van der Waals surface area contributed by atoms with Gasteiger partial charge in [0, 0.05) is 30.6 Å². The first kappa shape index (κ1) is 26.8. The lowest BCUT2D eigenvalue weighted by atomic mass is 10.0. The lowest BCUT2D eigenvalue weighted by Gasteiger charge is -2.38. The number of aryl methyl sites for hydroxylation is 1. The van der Waals surface area contributed by atoms with E-state index in [-0.39, 0.29) is 17.7 Å². The molecule has 1 saturated heterocycles. The fraction of sp³-hybridized carbons (Fsp3) is 0.667. The van der Waals surface area contributed by atoms with Crippen molar-refractivity contribution in [3.8, 4) is 0 Å². The second-order valence-electron chi connectivity index (χ2n) is 9.24. The zero-order valence-electron chi connectivity index (χ0n) is 20.0. The molecule has 0 aliphatic carbocycles. The Kier molecular flexibility index (Phi) is 9.32. The summed E-state index contributed by atoms with van der Waals surface area (Å²) < 4.78 is 19.5. The summed E-state index contributed by atoms with van der Waals surface area (Å²) in [6, 6.07) is 1.36. The van der Waals surface area contributed by atoms with Gasteiger partial charge in [-0.2, -0.15) is 5.10 Å². The van der Waals surface area contributed by atoms with Crippen LogP contribution in [0, 0.1) is 0 Å². The van der Waals surface area contributed by atoms with Crippen LogP contribution in [-0.2, 0) is 20.9 Å². The fourth-order valence-electron chi connectivity index (χ4n) is 3.41. The average molecular weight is 502 g/mol. The molecular weight excluding hydrogens is 466 g/mol. The van der Waals surface area contributed by atoms with E-state index in [1.165, 1.54) is 16.9 Å². The number of ether oxygens (including phenoxy) is 2. The molecule has 1 aliphatic rings. The van der Waals surface area contributed by atoms with Gasteiger partial charge in [-0.15, -0.1) is 0 Å². The van der Waals surface area contributed by atoms with Crippen LogP contribution < -0.4 is 0 Å². The van der Waals surface area contributed by atoms with E-state index in [1.807, 2.05) is 6.26 Å². The Morgan fingerprint density at radius 3 is 2.62 bits per heavy atom. The molecule has 0 saturated carbocycles. The predicted molar refractivity (Wildman–Crippen MR) is 132 cm³/mol. The van der Waals surface area contributed by atoms with Gasteiger partial charge in [0.15, 0.2) is 14.4 Å². The lowest BCUT2D eigenvalue weighted by Crippen LogP contribution is -2.45. The van der Waals surface area contributed by atoms with Crippen LogP contribution in [-0.4, -0.2) is 65.9 Å². The number of hydrogen-bond acceptors (Lipinski definition) is 8. The van der Waals surface area contributed by atoms with E-state index in [9.17, 15) is 9.59 Å². The molecule has 0 aromatic carbocycles. The maximum Gasteiger partial charge on any atom is 0.410 e. The highest BCUT2D eigenvalue weighted by Crippen LogP contribution is 2.41. The molecule has 3 atom stereocenters. The van der Waals surface area contributed by atoms with Gasteiger partial charge in [-0.1, -0.05) is 44.2 Å². The van der Waals surface area contributed by atoms with Crippen molar-refractivity contribution in [2.75, 3.05) is 19.4 Å². The third-order valence-corrected chi connectivity index (χ3v) is 11.8. The molecule has 1 aliphatic heterocycles. The molecule has 0 N–H and O–H groups in total. The molecule has 0 bridgehead atoms. The summed E-state index contributed by atoms with van der Waals surface area (Å²) in [5, 5.41) is 3.84. The van der Waals surface area contributed by atoms with Gasteiger partial charge in [0.05, 0.1) is 17.8 Å². The highest BCUT2D eigenvalue weighted by Gasteiger charge is 2.47. The highest BCUT2D eigenvalue weighted by molar-refractivity contribution is 8.81. The molecule has 1 amide bonds. The monoisotopic (exact) mass is 501 g/mol. The first-order valence-corrected chi connectivity index (χ1v) is 16.0. The fourth-order valence-corrected chi connectivity index (χ4v) is 5.57. The average Bonchev–Trinajstić information content (AvgIpc) is 3.29. The van der Waals surface area contributed by atoms with Crippen molar-refractivity contribution in [3.05, 3.63) is 30.6 Å². The third kappa shape index (κ3) is 6.55. The van der Waals surface area contributed by atoms with Gasteiger partial charge in [-0.05, 0) is 36.9 Å². The third-order valence-electron chi connectivity index (χ3n) is 6.01. The molecule has 1 aromatic rings. The summed E-state index contributed by atoms with van der Waals surface area (Å²) >= 11 is 0. The van der Waals surface area contributed by atoms with Crippen molar-refractivity contribution < 1.29 is 23.5 Å². The summed E-state index contributed by atoms with van der Waals surface area (Å²) in [6.45, 7) is 15.0. The highest BCUT2D eigenvalue weighted by atomic mass is 33.1. The number of nitrogens with zero attached hydrogens (tertiary/aromatic N) is 3. The Balaban J connectivity index is 2.37. The first-order valence-electron chi connectivity index (χ1n) is 10.5. The number of hydrogen-bond donors (Lipinski definition) is 0. The van der Waals surface area contributed by atoms with Crippen molar-refractivity contribution in [3.63, 3.8) is 0 Å². The smallest absolute Gasteiger partial charge is 0.410 e. The second kappa shape index (κ2) is 11.1. The molecule has 11 heteroatoms. The number of likely N-dealkylation sites (tertiary alicyclic amines) is 1. The minimum absolute atomic E-state index is 0.0299. The maximum absolute atomic E-state index is 12.9. The van der Waals surface area contributed by atoms with Crippen molar-refractivity contribution in [1.29, 1.82) is 0 Å². The molecule has 180 valence electrons. The van der Waals surface area contributed by atoms with Gasteiger partial charge in [0.25, 0.3) is 0 Å². The molecule has 1 fully saturated rings. The van der Waals surface area contributed by atoms with Crippen LogP contribution in [0.5, 0.6) is 0 Å². The summed E-state index contributed by atoms with van der Waals surface area (Å²) in [4.78, 5) is 27.0. The number of aromatic nitrogens is 2. The lowest BCUT2D eigenvalue weighted by molar-refractivity contribution is 0.0429. The van der Waals surface area contributed by atoms with Gasteiger partial charge in [-0.3, -0.25) is 9.58 Å². The number of carbonyl (C=O) groups excluding carboxylic acids is 2. The molecule has 32 heavy (non-hydrogen) atoms. The number of carbonyl (C=O) groups is 2. The minimum atomic E-state index is -2.07. The van der Waals surface area contributed by atoms with Gasteiger partial charge in [-0.25, -0.2) is 9.59 Å². The van der Waals surface area contributed by atoms with Crippen LogP contribution in [0.25, 0.3) is 0 Å². The van der Waals surface area contributed by atoms with E-state index in [0.717, 1.165) is 10.8 Å². The van der Waals surface area contributed by atoms with Crippen LogP contribution in [0.15, 0.2) is 24.9 Å². The van der Waals surface area contributed by atoms with Crippen LogP contribution >= 0.6 is 21.6 Å². The molecular formula is C21H35N3O5S2Si. The van der Waals surface area contributed by atoms with E-state index in [1.54, 1.807) is 28.9 Å². The van der Waals surface area contributed by atoms with E-state index >= 15 is 0 Å². The van der Waals surface area contributed by atoms with Crippen molar-refractivity contribution in [2.45, 2.75) is 63.6 Å². The van der Waals surface area contributed by atoms with Crippen molar-refractivity contribution >= 4 is 41.3 Å². The minimum Gasteiger partial charge on any atom is -0.445 e. The quantitative estimate of drug-likeness (QED) is 0.203. The standard InChI is InChI=1S/C21H35N3O5S2Si/c1-9-12-27-19(25)24-14-15(29-32(7,8)21(2,3)4)13-17(24)18(28-20(26)31-30-6)16-10-11-22-23(16)5/h9-11,15,17-18H,1,12-14H2,2-8H3/t15-,17+,18?/m1/s1. The second-order valence-corrected chi connectivity index (χ2v) is 16.3. The largest absolute Gasteiger partial charge is 0.445 e. The van der Waals surface area contributed by atoms with Crippen LogP contribution in [0.1, 0.15) is 39.0 Å². The zero-order chi connectivity index (χ0) is 24.1. The molecule has 1 aromatic heterocycles. The summed E-state index contributed by atoms with van der Waals surface area (Å²) in [5.41, 5.74) is 0.708. The van der Waals surface area contributed by atoms with E-state index in [0.29, 0.717) is 18.7 Å². The summed E-state index contributed by atoms with van der Waals surface area (Å²) in [6.07, 6.45) is 4.17. The Morgan fingerprint density at radius 1 is 1.41 bits per heavy atom. The van der Waals surface area contributed by atoms with Crippen molar-refractivity contribution in [2.24, 2.45) is 7.05 Å². The molecule has 1 unspecified atom stereocenters. The van der Waals surface area contributed by atoms with E-state index in [4.69, 9.17) is 13.9 Å². The van der Waals surface area contributed by atoms with Gasteiger partial charge in [0.2, 0.25) is 0 Å². The molecule has 2 heterocycles.